The number of halogens is 3. The molecule has 2 aromatic rings. The summed E-state index contributed by atoms with van der Waals surface area (Å²) in [6.07, 6.45) is 0.0802. The van der Waals surface area contributed by atoms with E-state index in [9.17, 15) is 18.0 Å². The average Bonchev–Trinajstić information content (AvgIpc) is 3.18. The number of carbonyl (C=O) groups is 1. The Bertz CT molecular complexity index is 775. The van der Waals surface area contributed by atoms with Gasteiger partial charge in [0.05, 0.1) is 5.56 Å². The summed E-state index contributed by atoms with van der Waals surface area (Å²) in [6.45, 7) is 1.32. The van der Waals surface area contributed by atoms with Gasteiger partial charge in [-0.15, -0.1) is 11.3 Å². The maximum atomic E-state index is 12.8. The van der Waals surface area contributed by atoms with Crippen molar-refractivity contribution in [3.05, 3.63) is 40.3 Å². The summed E-state index contributed by atoms with van der Waals surface area (Å²) < 4.78 is 39.8. The standard InChI is InChI=1S/C14H13F3N4OS/c15-14(16,17)10-3-4-18-11(9-10)21-7-8-23-13(21)19-12(22)20-5-1-2-6-20/h3-4,7-9H,1-2,5-6H2/b19-13-. The van der Waals surface area contributed by atoms with Gasteiger partial charge in [-0.1, -0.05) is 0 Å². The van der Waals surface area contributed by atoms with Crippen LogP contribution in [-0.4, -0.2) is 33.6 Å². The number of hydrogen-bond acceptors (Lipinski definition) is 3. The molecule has 0 N–H and O–H groups in total. The highest BCUT2D eigenvalue weighted by Crippen LogP contribution is 2.29. The lowest BCUT2D eigenvalue weighted by atomic mass is 10.2. The number of amides is 2. The molecule has 2 amide bonds. The van der Waals surface area contributed by atoms with Gasteiger partial charge in [0, 0.05) is 30.9 Å². The van der Waals surface area contributed by atoms with Crippen LogP contribution in [0.3, 0.4) is 0 Å². The topological polar surface area (TPSA) is 50.5 Å². The van der Waals surface area contributed by atoms with E-state index in [1.165, 1.54) is 15.9 Å². The van der Waals surface area contributed by atoms with Crippen molar-refractivity contribution in [2.75, 3.05) is 13.1 Å². The quantitative estimate of drug-likeness (QED) is 0.800. The van der Waals surface area contributed by atoms with Crippen LogP contribution < -0.4 is 4.80 Å². The number of pyridine rings is 1. The first-order valence-corrected chi connectivity index (χ1v) is 7.86. The van der Waals surface area contributed by atoms with Crippen molar-refractivity contribution in [2.45, 2.75) is 19.0 Å². The Balaban J connectivity index is 1.96. The van der Waals surface area contributed by atoms with Crippen LogP contribution in [-0.2, 0) is 6.18 Å². The lowest BCUT2D eigenvalue weighted by molar-refractivity contribution is -0.137. The Morgan fingerprint density at radius 1 is 1.30 bits per heavy atom. The summed E-state index contributed by atoms with van der Waals surface area (Å²) in [5.41, 5.74) is -0.794. The number of alkyl halides is 3. The number of urea groups is 1. The molecule has 3 heterocycles. The molecule has 1 aliphatic rings. The highest BCUT2D eigenvalue weighted by atomic mass is 32.1. The summed E-state index contributed by atoms with van der Waals surface area (Å²) in [5, 5.41) is 1.65. The van der Waals surface area contributed by atoms with Crippen LogP contribution in [0.25, 0.3) is 5.82 Å². The van der Waals surface area contributed by atoms with Crippen LogP contribution in [0.5, 0.6) is 0 Å². The molecule has 5 nitrogen and oxygen atoms in total. The Labute approximate surface area is 133 Å². The van der Waals surface area contributed by atoms with E-state index in [4.69, 9.17) is 0 Å². The van der Waals surface area contributed by atoms with Gasteiger partial charge < -0.3 is 4.90 Å². The second kappa shape index (κ2) is 6.15. The van der Waals surface area contributed by atoms with Gasteiger partial charge in [0.1, 0.15) is 5.82 Å². The van der Waals surface area contributed by atoms with Gasteiger partial charge in [-0.25, -0.2) is 9.78 Å². The van der Waals surface area contributed by atoms with Crippen LogP contribution in [0.2, 0.25) is 0 Å². The zero-order chi connectivity index (χ0) is 16.4. The van der Waals surface area contributed by atoms with E-state index in [2.05, 4.69) is 9.98 Å². The van der Waals surface area contributed by atoms with Gasteiger partial charge in [0.15, 0.2) is 4.80 Å². The molecule has 0 aliphatic carbocycles. The number of hydrogen-bond donors (Lipinski definition) is 0. The van der Waals surface area contributed by atoms with Crippen molar-refractivity contribution in [1.29, 1.82) is 0 Å². The molecule has 0 aromatic carbocycles. The summed E-state index contributed by atoms with van der Waals surface area (Å²) in [7, 11) is 0. The van der Waals surface area contributed by atoms with E-state index < -0.39 is 11.7 Å². The van der Waals surface area contributed by atoms with Crippen molar-refractivity contribution >= 4 is 17.4 Å². The minimum atomic E-state index is -4.45. The van der Waals surface area contributed by atoms with E-state index in [0.29, 0.717) is 17.9 Å². The predicted octanol–water partition coefficient (Wildman–Crippen LogP) is 3.07. The highest BCUT2D eigenvalue weighted by molar-refractivity contribution is 7.07. The van der Waals surface area contributed by atoms with Crippen molar-refractivity contribution in [2.24, 2.45) is 4.99 Å². The molecule has 1 fully saturated rings. The Kier molecular flexibility index (Phi) is 4.20. The molecule has 2 aromatic heterocycles. The largest absolute Gasteiger partial charge is 0.416 e. The SMILES string of the molecule is O=C(/N=c1\sccn1-c1cc(C(F)(F)F)ccn1)N1CCCC1. The molecule has 1 aliphatic heterocycles. The van der Waals surface area contributed by atoms with Crippen LogP contribution in [0.1, 0.15) is 18.4 Å². The molecule has 9 heteroatoms. The molecule has 122 valence electrons. The molecule has 0 saturated carbocycles. The first kappa shape index (κ1) is 15.7. The molecular weight excluding hydrogens is 329 g/mol. The maximum absolute atomic E-state index is 12.8. The first-order valence-electron chi connectivity index (χ1n) is 6.98. The number of nitrogens with zero attached hydrogens (tertiary/aromatic N) is 4. The maximum Gasteiger partial charge on any atom is 0.416 e. The second-order valence-electron chi connectivity index (χ2n) is 5.04. The molecule has 0 radical (unpaired) electrons. The third kappa shape index (κ3) is 3.44. The average molecular weight is 342 g/mol. The Hall–Kier alpha value is -2.16. The van der Waals surface area contributed by atoms with Crippen molar-refractivity contribution in [1.82, 2.24) is 14.5 Å². The fraction of sp³-hybridized carbons (Fsp3) is 0.357. The molecule has 0 unspecified atom stereocenters. The second-order valence-corrected chi connectivity index (χ2v) is 5.92. The number of aromatic nitrogens is 2. The van der Waals surface area contributed by atoms with E-state index in [1.807, 2.05) is 0 Å². The summed E-state index contributed by atoms with van der Waals surface area (Å²) in [5.74, 6) is 0.0778. The molecule has 0 spiro atoms. The molecule has 3 rings (SSSR count). The normalized spacial score (nSPS) is 16.1. The summed E-state index contributed by atoms with van der Waals surface area (Å²) in [6, 6.07) is 1.47. The van der Waals surface area contributed by atoms with E-state index in [-0.39, 0.29) is 11.8 Å². The van der Waals surface area contributed by atoms with E-state index in [0.717, 1.165) is 31.2 Å². The van der Waals surface area contributed by atoms with Crippen LogP contribution in [0, 0.1) is 0 Å². The number of thiazole rings is 1. The fourth-order valence-corrected chi connectivity index (χ4v) is 3.02. The zero-order valence-corrected chi connectivity index (χ0v) is 12.8. The van der Waals surface area contributed by atoms with Gasteiger partial charge >= 0.3 is 12.2 Å². The van der Waals surface area contributed by atoms with Gasteiger partial charge in [0.2, 0.25) is 0 Å². The smallest absolute Gasteiger partial charge is 0.323 e. The minimum Gasteiger partial charge on any atom is -0.323 e. The number of carbonyl (C=O) groups excluding carboxylic acids is 1. The third-order valence-corrected chi connectivity index (χ3v) is 4.23. The molecular formula is C14H13F3N4OS. The van der Waals surface area contributed by atoms with Crippen LogP contribution in [0.15, 0.2) is 34.9 Å². The first-order chi connectivity index (χ1) is 10.9. The van der Waals surface area contributed by atoms with Crippen LogP contribution >= 0.6 is 11.3 Å². The van der Waals surface area contributed by atoms with Crippen molar-refractivity contribution < 1.29 is 18.0 Å². The molecule has 1 saturated heterocycles. The monoisotopic (exact) mass is 342 g/mol. The Morgan fingerprint density at radius 3 is 2.74 bits per heavy atom. The third-order valence-electron chi connectivity index (χ3n) is 3.48. The minimum absolute atomic E-state index is 0.0778. The van der Waals surface area contributed by atoms with E-state index >= 15 is 0 Å². The molecule has 23 heavy (non-hydrogen) atoms. The van der Waals surface area contributed by atoms with Crippen molar-refractivity contribution in [3.8, 4) is 5.82 Å². The molecule has 0 bridgehead atoms. The van der Waals surface area contributed by atoms with Crippen molar-refractivity contribution in [3.63, 3.8) is 0 Å². The Morgan fingerprint density at radius 2 is 2.04 bits per heavy atom. The van der Waals surface area contributed by atoms with Gasteiger partial charge in [-0.2, -0.15) is 18.2 Å². The predicted molar refractivity (Wildman–Crippen MR) is 78.2 cm³/mol. The fourth-order valence-electron chi connectivity index (χ4n) is 2.31. The molecule has 0 atom stereocenters. The van der Waals surface area contributed by atoms with Gasteiger partial charge in [0.25, 0.3) is 0 Å². The van der Waals surface area contributed by atoms with Gasteiger partial charge in [-0.05, 0) is 25.0 Å². The highest BCUT2D eigenvalue weighted by Gasteiger charge is 2.31. The lowest BCUT2D eigenvalue weighted by Gasteiger charge is -2.11. The zero-order valence-electron chi connectivity index (χ0n) is 12.0. The number of rotatable bonds is 1. The number of likely N-dealkylation sites (tertiary alicyclic amines) is 1. The van der Waals surface area contributed by atoms with Crippen LogP contribution in [0.4, 0.5) is 18.0 Å². The summed E-state index contributed by atoms with van der Waals surface area (Å²) >= 11 is 1.17. The summed E-state index contributed by atoms with van der Waals surface area (Å²) in [4.78, 5) is 22.0. The van der Waals surface area contributed by atoms with E-state index in [1.54, 1.807) is 16.5 Å². The van der Waals surface area contributed by atoms with Gasteiger partial charge in [-0.3, -0.25) is 4.57 Å². The lowest BCUT2D eigenvalue weighted by Crippen LogP contribution is -2.27.